The standard InChI is InChI=1S/C20H24N4O3S/c1-14-13-28-18-17(14)19(25)24(20(26)21-18)12-9-22-7-10-23(11-8-22)15-5-3-4-6-16(15)27-2/h3-6,13H,7-12H2,1-2H3,(H,21,26). The number of aromatic amines is 1. The fourth-order valence-corrected chi connectivity index (χ4v) is 4.67. The number of anilines is 1. The lowest BCUT2D eigenvalue weighted by Gasteiger charge is -2.36. The third-order valence-electron chi connectivity index (χ3n) is 5.34. The van der Waals surface area contributed by atoms with Crippen LogP contribution in [0.5, 0.6) is 5.75 Å². The van der Waals surface area contributed by atoms with E-state index in [0.29, 0.717) is 23.3 Å². The molecule has 1 saturated heterocycles. The van der Waals surface area contributed by atoms with Crippen LogP contribution in [0.25, 0.3) is 10.2 Å². The van der Waals surface area contributed by atoms with Gasteiger partial charge in [-0.2, -0.15) is 0 Å². The molecular formula is C20H24N4O3S. The van der Waals surface area contributed by atoms with E-state index >= 15 is 0 Å². The number of rotatable bonds is 5. The minimum absolute atomic E-state index is 0.190. The van der Waals surface area contributed by atoms with Crippen molar-refractivity contribution >= 4 is 27.2 Å². The molecule has 3 aromatic rings. The third kappa shape index (κ3) is 3.45. The van der Waals surface area contributed by atoms with Gasteiger partial charge in [0.25, 0.3) is 5.56 Å². The molecule has 1 aliphatic heterocycles. The number of piperazine rings is 1. The first-order valence-corrected chi connectivity index (χ1v) is 10.3. The zero-order chi connectivity index (χ0) is 19.7. The highest BCUT2D eigenvalue weighted by Gasteiger charge is 2.20. The molecule has 28 heavy (non-hydrogen) atoms. The summed E-state index contributed by atoms with van der Waals surface area (Å²) in [6.45, 7) is 6.50. The van der Waals surface area contributed by atoms with Crippen molar-refractivity contribution in [2.24, 2.45) is 0 Å². The van der Waals surface area contributed by atoms with Crippen molar-refractivity contribution in [3.05, 3.63) is 56.0 Å². The first-order chi connectivity index (χ1) is 13.6. The van der Waals surface area contributed by atoms with E-state index in [9.17, 15) is 9.59 Å². The van der Waals surface area contributed by atoms with Crippen LogP contribution < -0.4 is 20.9 Å². The molecule has 1 aromatic carbocycles. The summed E-state index contributed by atoms with van der Waals surface area (Å²) in [7, 11) is 1.69. The number of para-hydroxylation sites is 2. The average Bonchev–Trinajstić information content (AvgIpc) is 3.08. The Bertz CT molecular complexity index is 1090. The number of methoxy groups -OCH3 is 1. The summed E-state index contributed by atoms with van der Waals surface area (Å²) >= 11 is 1.40. The van der Waals surface area contributed by atoms with Gasteiger partial charge >= 0.3 is 5.69 Å². The number of aryl methyl sites for hydroxylation is 1. The van der Waals surface area contributed by atoms with E-state index in [1.165, 1.54) is 15.9 Å². The van der Waals surface area contributed by atoms with Crippen LogP contribution in [0.4, 0.5) is 5.69 Å². The van der Waals surface area contributed by atoms with Crippen molar-refractivity contribution in [3.8, 4) is 5.75 Å². The summed E-state index contributed by atoms with van der Waals surface area (Å²) in [5.41, 5.74) is 1.51. The minimum atomic E-state index is -0.327. The number of nitrogens with one attached hydrogen (secondary N) is 1. The van der Waals surface area contributed by atoms with Crippen LogP contribution in [0, 0.1) is 6.92 Å². The number of thiophene rings is 1. The summed E-state index contributed by atoms with van der Waals surface area (Å²) in [5.74, 6) is 0.883. The Hall–Kier alpha value is -2.58. The van der Waals surface area contributed by atoms with Crippen LogP contribution in [-0.4, -0.2) is 54.3 Å². The van der Waals surface area contributed by atoms with Crippen LogP contribution in [0.15, 0.2) is 39.2 Å². The number of ether oxygens (including phenoxy) is 1. The summed E-state index contributed by atoms with van der Waals surface area (Å²) in [6, 6.07) is 8.04. The molecule has 1 fully saturated rings. The number of nitrogens with zero attached hydrogens (tertiary/aromatic N) is 3. The molecule has 0 bridgehead atoms. The molecule has 7 nitrogen and oxygen atoms in total. The maximum Gasteiger partial charge on any atom is 0.329 e. The Morgan fingerprint density at radius 3 is 2.61 bits per heavy atom. The fraction of sp³-hybridized carbons (Fsp3) is 0.400. The van der Waals surface area contributed by atoms with Gasteiger partial charge in [-0.05, 0) is 30.0 Å². The molecule has 0 amide bonds. The number of H-pyrrole nitrogens is 1. The van der Waals surface area contributed by atoms with E-state index in [2.05, 4.69) is 20.9 Å². The second-order valence-electron chi connectivity index (χ2n) is 7.01. The third-order valence-corrected chi connectivity index (χ3v) is 6.35. The average molecular weight is 401 g/mol. The van der Waals surface area contributed by atoms with Crippen LogP contribution >= 0.6 is 11.3 Å². The molecule has 0 aliphatic carbocycles. The number of fused-ring (bicyclic) bond motifs is 1. The first kappa shape index (κ1) is 18.8. The maximum absolute atomic E-state index is 12.7. The Kier molecular flexibility index (Phi) is 5.23. The Morgan fingerprint density at radius 2 is 1.86 bits per heavy atom. The highest BCUT2D eigenvalue weighted by Crippen LogP contribution is 2.28. The normalized spacial score (nSPS) is 15.3. The predicted molar refractivity (Wildman–Crippen MR) is 113 cm³/mol. The van der Waals surface area contributed by atoms with E-state index in [1.807, 2.05) is 30.5 Å². The second-order valence-corrected chi connectivity index (χ2v) is 7.89. The van der Waals surface area contributed by atoms with Crippen molar-refractivity contribution in [1.82, 2.24) is 14.5 Å². The predicted octanol–water partition coefficient (Wildman–Crippen LogP) is 1.89. The van der Waals surface area contributed by atoms with Crippen LogP contribution in [0.1, 0.15) is 5.56 Å². The lowest BCUT2D eigenvalue weighted by atomic mass is 10.2. The number of aromatic nitrogens is 2. The molecule has 2 aromatic heterocycles. The smallest absolute Gasteiger partial charge is 0.329 e. The van der Waals surface area contributed by atoms with Crippen molar-refractivity contribution in [1.29, 1.82) is 0 Å². The minimum Gasteiger partial charge on any atom is -0.495 e. The van der Waals surface area contributed by atoms with Gasteiger partial charge in [0.05, 0.1) is 18.2 Å². The fourth-order valence-electron chi connectivity index (χ4n) is 3.74. The summed E-state index contributed by atoms with van der Waals surface area (Å²) in [4.78, 5) is 33.1. The monoisotopic (exact) mass is 400 g/mol. The van der Waals surface area contributed by atoms with E-state index in [0.717, 1.165) is 43.2 Å². The van der Waals surface area contributed by atoms with Gasteiger partial charge in [0.1, 0.15) is 10.6 Å². The molecule has 0 atom stereocenters. The van der Waals surface area contributed by atoms with Crippen molar-refractivity contribution < 1.29 is 4.74 Å². The molecular weight excluding hydrogens is 376 g/mol. The van der Waals surface area contributed by atoms with Gasteiger partial charge < -0.3 is 9.64 Å². The van der Waals surface area contributed by atoms with E-state index in [-0.39, 0.29) is 11.2 Å². The highest BCUT2D eigenvalue weighted by molar-refractivity contribution is 7.16. The molecule has 0 spiro atoms. The number of hydrogen-bond acceptors (Lipinski definition) is 6. The zero-order valence-electron chi connectivity index (χ0n) is 16.1. The lowest BCUT2D eigenvalue weighted by Crippen LogP contribution is -2.48. The SMILES string of the molecule is COc1ccccc1N1CCN(CCn2c(=O)[nH]c3scc(C)c3c2=O)CC1. The first-order valence-electron chi connectivity index (χ1n) is 9.39. The summed E-state index contributed by atoms with van der Waals surface area (Å²) in [6.07, 6.45) is 0. The molecule has 1 aliphatic rings. The topological polar surface area (TPSA) is 70.6 Å². The van der Waals surface area contributed by atoms with E-state index in [1.54, 1.807) is 7.11 Å². The van der Waals surface area contributed by atoms with E-state index in [4.69, 9.17) is 4.74 Å². The summed E-state index contributed by atoms with van der Waals surface area (Å²) in [5, 5.41) is 2.54. The van der Waals surface area contributed by atoms with Gasteiger partial charge in [0.15, 0.2) is 0 Å². The van der Waals surface area contributed by atoms with Crippen molar-refractivity contribution in [3.63, 3.8) is 0 Å². The van der Waals surface area contributed by atoms with Crippen LogP contribution in [-0.2, 0) is 6.54 Å². The van der Waals surface area contributed by atoms with Gasteiger partial charge in [0, 0.05) is 39.3 Å². The van der Waals surface area contributed by atoms with Gasteiger partial charge in [0.2, 0.25) is 0 Å². The quantitative estimate of drug-likeness (QED) is 0.708. The molecule has 148 valence electrons. The van der Waals surface area contributed by atoms with Gasteiger partial charge in [-0.25, -0.2) is 4.79 Å². The Labute approximate surface area is 166 Å². The van der Waals surface area contributed by atoms with Crippen molar-refractivity contribution in [2.45, 2.75) is 13.5 Å². The van der Waals surface area contributed by atoms with Crippen molar-refractivity contribution in [2.75, 3.05) is 44.7 Å². The number of hydrogen-bond donors (Lipinski definition) is 1. The lowest BCUT2D eigenvalue weighted by molar-refractivity contribution is 0.245. The molecule has 0 unspecified atom stereocenters. The molecule has 8 heteroatoms. The largest absolute Gasteiger partial charge is 0.495 e. The summed E-state index contributed by atoms with van der Waals surface area (Å²) < 4.78 is 6.79. The Morgan fingerprint density at radius 1 is 1.11 bits per heavy atom. The van der Waals surface area contributed by atoms with Gasteiger partial charge in [-0.3, -0.25) is 19.2 Å². The van der Waals surface area contributed by atoms with Gasteiger partial charge in [-0.15, -0.1) is 11.3 Å². The second kappa shape index (κ2) is 7.81. The molecule has 3 heterocycles. The number of benzene rings is 1. The molecule has 4 rings (SSSR count). The Balaban J connectivity index is 1.42. The zero-order valence-corrected chi connectivity index (χ0v) is 16.9. The van der Waals surface area contributed by atoms with Crippen LogP contribution in [0.2, 0.25) is 0 Å². The molecule has 1 N–H and O–H groups in total. The van der Waals surface area contributed by atoms with Crippen LogP contribution in [0.3, 0.4) is 0 Å². The molecule has 0 saturated carbocycles. The van der Waals surface area contributed by atoms with E-state index < -0.39 is 0 Å². The highest BCUT2D eigenvalue weighted by atomic mass is 32.1. The molecule has 0 radical (unpaired) electrons. The maximum atomic E-state index is 12.7. The van der Waals surface area contributed by atoms with Gasteiger partial charge in [-0.1, -0.05) is 12.1 Å².